The molecule has 0 atom stereocenters. The van der Waals surface area contributed by atoms with Gasteiger partial charge in [-0.1, -0.05) is 35.5 Å². The van der Waals surface area contributed by atoms with Gasteiger partial charge in [0.2, 0.25) is 5.91 Å². The van der Waals surface area contributed by atoms with E-state index in [0.717, 1.165) is 11.1 Å². The molecule has 0 aliphatic rings. The van der Waals surface area contributed by atoms with Crippen LogP contribution in [0, 0.1) is 0 Å². The van der Waals surface area contributed by atoms with Crippen molar-refractivity contribution in [2.24, 2.45) is 5.73 Å². The molecule has 3 aromatic rings. The number of nitrogens with zero attached hydrogens (tertiary/aromatic N) is 3. The van der Waals surface area contributed by atoms with Crippen molar-refractivity contribution in [2.75, 3.05) is 14.2 Å². The number of rotatable bonds is 8. The molecule has 7 nitrogen and oxygen atoms in total. The Kier molecular flexibility index (Phi) is 6.06. The molecule has 0 saturated heterocycles. The summed E-state index contributed by atoms with van der Waals surface area (Å²) in [5.41, 5.74) is 8.54. The zero-order valence-electron chi connectivity index (χ0n) is 15.8. The maximum Gasteiger partial charge on any atom is 0.245 e. The van der Waals surface area contributed by atoms with Gasteiger partial charge in [-0.3, -0.25) is 4.79 Å². The molecule has 0 bridgehead atoms. The van der Waals surface area contributed by atoms with Gasteiger partial charge in [0.25, 0.3) is 0 Å². The molecule has 0 aliphatic carbocycles. The van der Waals surface area contributed by atoms with Crippen LogP contribution in [0.4, 0.5) is 0 Å². The summed E-state index contributed by atoms with van der Waals surface area (Å²) in [6.45, 7) is 0.495. The van der Waals surface area contributed by atoms with E-state index in [-0.39, 0.29) is 0 Å². The Morgan fingerprint density at radius 2 is 1.79 bits per heavy atom. The highest BCUT2D eigenvalue weighted by Crippen LogP contribution is 2.23. The first-order valence-electron chi connectivity index (χ1n) is 8.73. The van der Waals surface area contributed by atoms with Gasteiger partial charge in [-0.25, -0.2) is 4.68 Å². The fourth-order valence-corrected chi connectivity index (χ4v) is 2.80. The number of ether oxygens (including phenoxy) is 2. The van der Waals surface area contributed by atoms with Gasteiger partial charge >= 0.3 is 0 Å². The summed E-state index contributed by atoms with van der Waals surface area (Å²) < 4.78 is 12.3. The number of benzene rings is 2. The molecule has 0 saturated carbocycles. The molecule has 144 valence electrons. The third-order valence-corrected chi connectivity index (χ3v) is 4.17. The second-order valence-corrected chi connectivity index (χ2v) is 6.25. The largest absolute Gasteiger partial charge is 0.497 e. The number of primary amides is 1. The Balaban J connectivity index is 1.76. The Hall–Kier alpha value is -3.61. The van der Waals surface area contributed by atoms with Gasteiger partial charge in [-0.15, -0.1) is 5.10 Å². The Bertz CT molecular complexity index is 958. The van der Waals surface area contributed by atoms with E-state index in [0.29, 0.717) is 35.7 Å². The van der Waals surface area contributed by atoms with Crippen LogP contribution in [0.25, 0.3) is 6.08 Å². The van der Waals surface area contributed by atoms with E-state index in [4.69, 9.17) is 15.2 Å². The summed E-state index contributed by atoms with van der Waals surface area (Å²) in [4.78, 5) is 11.8. The molecule has 28 heavy (non-hydrogen) atoms. The molecule has 0 fully saturated rings. The van der Waals surface area contributed by atoms with Crippen LogP contribution in [0.15, 0.2) is 60.3 Å². The third kappa shape index (κ3) is 4.97. The van der Waals surface area contributed by atoms with Crippen molar-refractivity contribution in [2.45, 2.75) is 13.0 Å². The molecule has 1 aromatic heterocycles. The number of nitrogens with two attached hydrogens (primary N) is 1. The topological polar surface area (TPSA) is 92.3 Å². The summed E-state index contributed by atoms with van der Waals surface area (Å²) in [7, 11) is 3.22. The van der Waals surface area contributed by atoms with Crippen molar-refractivity contribution >= 4 is 12.0 Å². The zero-order valence-corrected chi connectivity index (χ0v) is 15.8. The molecule has 0 aliphatic heterocycles. The number of hydrogen-bond donors (Lipinski definition) is 1. The number of methoxy groups -OCH3 is 2. The van der Waals surface area contributed by atoms with E-state index in [2.05, 4.69) is 10.3 Å². The molecule has 2 aromatic carbocycles. The fourth-order valence-electron chi connectivity index (χ4n) is 2.80. The Morgan fingerprint density at radius 3 is 2.39 bits per heavy atom. The summed E-state index contributed by atoms with van der Waals surface area (Å²) in [6.07, 6.45) is 3.88. The predicted molar refractivity (Wildman–Crippen MR) is 106 cm³/mol. The molecule has 0 radical (unpaired) electrons. The highest BCUT2D eigenvalue weighted by molar-refractivity contribution is 5.96. The Labute approximate surface area is 163 Å². The SMILES string of the molecule is COc1cc(Cn2cc(CC(=Cc3ccccc3)C(N)=O)nn2)cc(OC)c1. The first kappa shape index (κ1) is 19.2. The van der Waals surface area contributed by atoms with Crippen molar-refractivity contribution in [1.82, 2.24) is 15.0 Å². The maximum absolute atomic E-state index is 11.8. The van der Waals surface area contributed by atoms with Crippen LogP contribution in [-0.2, 0) is 17.8 Å². The van der Waals surface area contributed by atoms with E-state index < -0.39 is 5.91 Å². The smallest absolute Gasteiger partial charge is 0.245 e. The number of amides is 1. The van der Waals surface area contributed by atoms with Crippen LogP contribution in [0.2, 0.25) is 0 Å². The minimum Gasteiger partial charge on any atom is -0.497 e. The first-order chi connectivity index (χ1) is 13.6. The Morgan fingerprint density at radius 1 is 1.11 bits per heavy atom. The lowest BCUT2D eigenvalue weighted by Crippen LogP contribution is -2.15. The van der Waals surface area contributed by atoms with Gasteiger partial charge in [0, 0.05) is 24.3 Å². The highest BCUT2D eigenvalue weighted by atomic mass is 16.5. The summed E-state index contributed by atoms with van der Waals surface area (Å²) in [5.74, 6) is 0.934. The lowest BCUT2D eigenvalue weighted by Gasteiger charge is -2.08. The number of carbonyl (C=O) groups excluding carboxylic acids is 1. The first-order valence-corrected chi connectivity index (χ1v) is 8.73. The third-order valence-electron chi connectivity index (χ3n) is 4.17. The predicted octanol–water partition coefficient (Wildman–Crippen LogP) is 2.46. The molecule has 1 amide bonds. The van der Waals surface area contributed by atoms with Crippen molar-refractivity contribution in [3.05, 3.63) is 77.1 Å². The van der Waals surface area contributed by atoms with Gasteiger partial charge < -0.3 is 15.2 Å². The van der Waals surface area contributed by atoms with Crippen LogP contribution in [0.1, 0.15) is 16.8 Å². The lowest BCUT2D eigenvalue weighted by molar-refractivity contribution is -0.114. The van der Waals surface area contributed by atoms with Crippen molar-refractivity contribution in [3.63, 3.8) is 0 Å². The molecule has 3 rings (SSSR count). The molecule has 7 heteroatoms. The molecule has 0 unspecified atom stereocenters. The monoisotopic (exact) mass is 378 g/mol. The maximum atomic E-state index is 11.8. The van der Waals surface area contributed by atoms with Crippen LogP contribution >= 0.6 is 0 Å². The molecule has 2 N–H and O–H groups in total. The van der Waals surface area contributed by atoms with Crippen LogP contribution in [-0.4, -0.2) is 35.1 Å². The molecular weight excluding hydrogens is 356 g/mol. The highest BCUT2D eigenvalue weighted by Gasteiger charge is 2.11. The van der Waals surface area contributed by atoms with Gasteiger partial charge in [0.1, 0.15) is 11.5 Å². The van der Waals surface area contributed by atoms with Crippen molar-refractivity contribution in [1.29, 1.82) is 0 Å². The minimum atomic E-state index is -0.476. The van der Waals surface area contributed by atoms with Gasteiger partial charge in [0.15, 0.2) is 0 Å². The normalized spacial score (nSPS) is 11.3. The quantitative estimate of drug-likeness (QED) is 0.608. The summed E-state index contributed by atoms with van der Waals surface area (Å²) >= 11 is 0. The minimum absolute atomic E-state index is 0.311. The van der Waals surface area contributed by atoms with Gasteiger partial charge in [-0.05, 0) is 29.3 Å². The second-order valence-electron chi connectivity index (χ2n) is 6.25. The number of hydrogen-bond acceptors (Lipinski definition) is 5. The average Bonchev–Trinajstić information content (AvgIpc) is 3.14. The van der Waals surface area contributed by atoms with Gasteiger partial charge in [0.05, 0.1) is 26.5 Å². The van der Waals surface area contributed by atoms with E-state index in [9.17, 15) is 4.79 Å². The molecular formula is C21H22N4O3. The van der Waals surface area contributed by atoms with Crippen LogP contribution in [0.5, 0.6) is 11.5 Å². The molecule has 0 spiro atoms. The second kappa shape index (κ2) is 8.85. The summed E-state index contributed by atoms with van der Waals surface area (Å²) in [6, 6.07) is 15.2. The molecule has 1 heterocycles. The van der Waals surface area contributed by atoms with E-state index >= 15 is 0 Å². The van der Waals surface area contributed by atoms with E-state index in [1.807, 2.05) is 48.5 Å². The van der Waals surface area contributed by atoms with Crippen LogP contribution < -0.4 is 15.2 Å². The van der Waals surface area contributed by atoms with Gasteiger partial charge in [-0.2, -0.15) is 0 Å². The zero-order chi connectivity index (χ0) is 19.9. The average molecular weight is 378 g/mol. The van der Waals surface area contributed by atoms with Crippen molar-refractivity contribution < 1.29 is 14.3 Å². The van der Waals surface area contributed by atoms with Crippen LogP contribution in [0.3, 0.4) is 0 Å². The van der Waals surface area contributed by atoms with E-state index in [1.165, 1.54) is 0 Å². The van der Waals surface area contributed by atoms with Crippen molar-refractivity contribution in [3.8, 4) is 11.5 Å². The number of carbonyl (C=O) groups is 1. The summed E-state index contributed by atoms with van der Waals surface area (Å²) in [5, 5.41) is 8.31. The van der Waals surface area contributed by atoms with E-state index in [1.54, 1.807) is 31.2 Å². The lowest BCUT2D eigenvalue weighted by atomic mass is 10.1. The number of aromatic nitrogens is 3. The standard InChI is InChI=1S/C21H22N4O3/c1-27-19-9-16(10-20(12-19)28-2)13-25-14-18(23-24-25)11-17(21(22)26)8-15-6-4-3-5-7-15/h3-10,12,14H,11,13H2,1-2H3,(H2,22,26). The fraction of sp³-hybridized carbons (Fsp3) is 0.190.